The lowest BCUT2D eigenvalue weighted by atomic mass is 10.1. The molecule has 6 heteroatoms. The molecule has 0 aliphatic carbocycles. The highest BCUT2D eigenvalue weighted by atomic mass is 16.5. The predicted molar refractivity (Wildman–Crippen MR) is 91.3 cm³/mol. The van der Waals surface area contributed by atoms with Crippen molar-refractivity contribution in [1.82, 2.24) is 24.3 Å². The molecule has 0 aromatic carbocycles. The normalized spacial score (nSPS) is 22.9. The van der Waals surface area contributed by atoms with E-state index < -0.39 is 0 Å². The molecule has 4 heterocycles. The van der Waals surface area contributed by atoms with E-state index in [1.807, 2.05) is 18.5 Å². The molecule has 0 radical (unpaired) electrons. The number of nitrogens with zero attached hydrogens (tertiary/aromatic N) is 5. The molecule has 128 valence electrons. The molecule has 0 N–H and O–H groups in total. The van der Waals surface area contributed by atoms with E-state index in [0.29, 0.717) is 5.92 Å². The van der Waals surface area contributed by atoms with Crippen molar-refractivity contribution in [2.45, 2.75) is 19.6 Å². The minimum Gasteiger partial charge on any atom is -0.379 e. The van der Waals surface area contributed by atoms with Gasteiger partial charge in [0.25, 0.3) is 0 Å². The smallest absolute Gasteiger partial charge is 0.122 e. The first-order valence-electron chi connectivity index (χ1n) is 8.79. The van der Waals surface area contributed by atoms with E-state index in [0.717, 1.165) is 70.5 Å². The maximum Gasteiger partial charge on any atom is 0.122 e. The second-order valence-electron chi connectivity index (χ2n) is 6.77. The summed E-state index contributed by atoms with van der Waals surface area (Å²) in [5.41, 5.74) is 1.13. The maximum atomic E-state index is 5.48. The minimum atomic E-state index is 0.599. The third kappa shape index (κ3) is 3.83. The van der Waals surface area contributed by atoms with E-state index in [1.54, 1.807) is 0 Å². The number of rotatable bonds is 4. The molecule has 2 aliphatic rings. The van der Waals surface area contributed by atoms with Gasteiger partial charge in [0.2, 0.25) is 0 Å². The summed E-state index contributed by atoms with van der Waals surface area (Å²) in [5.74, 6) is 1.76. The molecule has 2 aliphatic heterocycles. The van der Waals surface area contributed by atoms with Crippen molar-refractivity contribution < 1.29 is 4.74 Å². The Labute approximate surface area is 143 Å². The number of ether oxygens (including phenoxy) is 1. The molecule has 1 unspecified atom stereocenters. The summed E-state index contributed by atoms with van der Waals surface area (Å²) in [6.07, 6.45) is 5.91. The Kier molecular flexibility index (Phi) is 4.87. The van der Waals surface area contributed by atoms with E-state index in [-0.39, 0.29) is 0 Å². The van der Waals surface area contributed by atoms with Gasteiger partial charge in [-0.1, -0.05) is 6.07 Å². The Morgan fingerprint density at radius 1 is 1.04 bits per heavy atom. The Morgan fingerprint density at radius 2 is 1.96 bits per heavy atom. The molecule has 24 heavy (non-hydrogen) atoms. The molecular formula is C18H25N5O. The zero-order valence-corrected chi connectivity index (χ0v) is 14.0. The van der Waals surface area contributed by atoms with Crippen LogP contribution in [0.3, 0.4) is 0 Å². The van der Waals surface area contributed by atoms with Crippen LogP contribution in [0.2, 0.25) is 0 Å². The van der Waals surface area contributed by atoms with Gasteiger partial charge in [0.05, 0.1) is 25.5 Å². The summed E-state index contributed by atoms with van der Waals surface area (Å²) in [7, 11) is 0. The van der Waals surface area contributed by atoms with E-state index in [9.17, 15) is 0 Å². The molecule has 4 rings (SSSR count). The van der Waals surface area contributed by atoms with Crippen molar-refractivity contribution in [3.8, 4) is 0 Å². The average molecular weight is 327 g/mol. The monoisotopic (exact) mass is 327 g/mol. The summed E-state index contributed by atoms with van der Waals surface area (Å²) in [6.45, 7) is 8.85. The van der Waals surface area contributed by atoms with Crippen LogP contribution in [0, 0.1) is 5.92 Å². The number of hydrogen-bond acceptors (Lipinski definition) is 5. The van der Waals surface area contributed by atoms with Crippen molar-refractivity contribution in [3.05, 3.63) is 48.3 Å². The van der Waals surface area contributed by atoms with E-state index >= 15 is 0 Å². The third-order valence-corrected chi connectivity index (χ3v) is 4.87. The molecule has 2 aromatic rings. The van der Waals surface area contributed by atoms with Gasteiger partial charge in [0.15, 0.2) is 0 Å². The van der Waals surface area contributed by atoms with Crippen LogP contribution in [0.15, 0.2) is 36.8 Å². The maximum absolute atomic E-state index is 5.48. The highest BCUT2D eigenvalue weighted by Gasteiger charge is 2.25. The van der Waals surface area contributed by atoms with E-state index in [4.69, 9.17) is 4.74 Å². The van der Waals surface area contributed by atoms with E-state index in [2.05, 4.69) is 42.7 Å². The highest BCUT2D eigenvalue weighted by molar-refractivity contribution is 5.04. The van der Waals surface area contributed by atoms with Crippen LogP contribution >= 0.6 is 0 Å². The molecule has 0 saturated carbocycles. The van der Waals surface area contributed by atoms with Crippen LogP contribution in [-0.4, -0.2) is 63.7 Å². The largest absolute Gasteiger partial charge is 0.379 e. The fraction of sp³-hybridized carbons (Fsp3) is 0.556. The number of pyridine rings is 1. The van der Waals surface area contributed by atoms with Gasteiger partial charge in [-0.3, -0.25) is 14.8 Å². The standard InChI is InChI=1S/C18H25N5O/c1-2-4-19-17(3-1)14-22-12-16(11-21-7-9-24-10-8-21)13-23-6-5-20-18(23)15-22/h1-6,16H,7-15H2. The zero-order valence-electron chi connectivity index (χ0n) is 14.0. The van der Waals surface area contributed by atoms with Crippen molar-refractivity contribution >= 4 is 0 Å². The summed E-state index contributed by atoms with van der Waals surface area (Å²) in [4.78, 5) is 14.1. The first-order chi connectivity index (χ1) is 11.9. The topological polar surface area (TPSA) is 46.4 Å². The number of fused-ring (bicyclic) bond motifs is 1. The highest BCUT2D eigenvalue weighted by Crippen LogP contribution is 2.18. The lowest BCUT2D eigenvalue weighted by Crippen LogP contribution is -2.42. The van der Waals surface area contributed by atoms with Gasteiger partial charge < -0.3 is 9.30 Å². The molecule has 1 saturated heterocycles. The summed E-state index contributed by atoms with van der Waals surface area (Å²) >= 11 is 0. The van der Waals surface area contributed by atoms with Crippen LogP contribution in [0.25, 0.3) is 0 Å². The number of morpholine rings is 1. The number of hydrogen-bond donors (Lipinski definition) is 0. The van der Waals surface area contributed by atoms with Crippen LogP contribution in [-0.2, 0) is 24.4 Å². The van der Waals surface area contributed by atoms with Gasteiger partial charge in [-0.05, 0) is 12.1 Å². The quantitative estimate of drug-likeness (QED) is 0.846. The first kappa shape index (κ1) is 15.7. The summed E-state index contributed by atoms with van der Waals surface area (Å²) in [6, 6.07) is 6.14. The molecular weight excluding hydrogens is 302 g/mol. The molecule has 6 nitrogen and oxygen atoms in total. The minimum absolute atomic E-state index is 0.599. The molecule has 0 amide bonds. The van der Waals surface area contributed by atoms with Crippen molar-refractivity contribution in [2.75, 3.05) is 39.4 Å². The molecule has 1 atom stereocenters. The van der Waals surface area contributed by atoms with Crippen molar-refractivity contribution in [1.29, 1.82) is 0 Å². The van der Waals surface area contributed by atoms with Crippen molar-refractivity contribution in [2.24, 2.45) is 5.92 Å². The SMILES string of the molecule is c1ccc(CN2Cc3nccn3CC(CN3CCOCC3)C2)nc1. The van der Waals surface area contributed by atoms with Gasteiger partial charge in [-0.2, -0.15) is 0 Å². The van der Waals surface area contributed by atoms with Gasteiger partial charge in [-0.25, -0.2) is 4.98 Å². The van der Waals surface area contributed by atoms with Crippen LogP contribution in [0.5, 0.6) is 0 Å². The number of imidazole rings is 1. The molecule has 2 aromatic heterocycles. The van der Waals surface area contributed by atoms with Gasteiger partial charge >= 0.3 is 0 Å². The Balaban J connectivity index is 1.47. The zero-order chi connectivity index (χ0) is 16.2. The lowest BCUT2D eigenvalue weighted by molar-refractivity contribution is 0.0265. The van der Waals surface area contributed by atoms with Crippen molar-refractivity contribution in [3.63, 3.8) is 0 Å². The predicted octanol–water partition coefficient (Wildman–Crippen LogP) is 1.24. The Hall–Kier alpha value is -1.76. The average Bonchev–Trinajstić information content (AvgIpc) is 2.96. The van der Waals surface area contributed by atoms with Gasteiger partial charge in [-0.15, -0.1) is 0 Å². The van der Waals surface area contributed by atoms with Crippen LogP contribution in [0.1, 0.15) is 11.5 Å². The first-order valence-corrected chi connectivity index (χ1v) is 8.79. The van der Waals surface area contributed by atoms with Crippen LogP contribution in [0.4, 0.5) is 0 Å². The molecule has 0 spiro atoms. The molecule has 0 bridgehead atoms. The van der Waals surface area contributed by atoms with Crippen LogP contribution < -0.4 is 0 Å². The second kappa shape index (κ2) is 7.42. The van der Waals surface area contributed by atoms with E-state index in [1.165, 1.54) is 0 Å². The fourth-order valence-corrected chi connectivity index (χ4v) is 3.73. The van der Waals surface area contributed by atoms with Gasteiger partial charge in [0.1, 0.15) is 5.82 Å². The Bertz CT molecular complexity index is 638. The third-order valence-electron chi connectivity index (χ3n) is 4.87. The van der Waals surface area contributed by atoms with Gasteiger partial charge in [0, 0.05) is 63.8 Å². The lowest BCUT2D eigenvalue weighted by Gasteiger charge is -2.31. The second-order valence-corrected chi connectivity index (χ2v) is 6.77. The number of aromatic nitrogens is 3. The summed E-state index contributed by atoms with van der Waals surface area (Å²) in [5, 5.41) is 0. The summed E-state index contributed by atoms with van der Waals surface area (Å²) < 4.78 is 7.80. The molecule has 1 fully saturated rings. The Morgan fingerprint density at radius 3 is 2.79 bits per heavy atom. The fourth-order valence-electron chi connectivity index (χ4n) is 3.73.